The van der Waals surface area contributed by atoms with E-state index in [-0.39, 0.29) is 40.1 Å². The minimum Gasteiger partial charge on any atom is -0.331 e. The molecular formula is C27H23F3N2O4S. The van der Waals surface area contributed by atoms with E-state index in [4.69, 9.17) is 0 Å². The number of nitrogens with zero attached hydrogens (tertiary/aromatic N) is 1. The first-order valence-electron chi connectivity index (χ1n) is 11.9. The summed E-state index contributed by atoms with van der Waals surface area (Å²) in [6.45, 7) is 1.33. The molecule has 0 bridgehead atoms. The number of fused-ring (bicyclic) bond motifs is 1. The number of hydrogen-bond donors (Lipinski definition) is 1. The van der Waals surface area contributed by atoms with Gasteiger partial charge in [-0.3, -0.25) is 9.59 Å². The van der Waals surface area contributed by atoms with Gasteiger partial charge in [-0.05, 0) is 55.2 Å². The molecule has 0 radical (unpaired) electrons. The van der Waals surface area contributed by atoms with Crippen molar-refractivity contribution in [3.63, 3.8) is 0 Å². The maximum atomic E-state index is 15.0. The van der Waals surface area contributed by atoms with Crippen LogP contribution in [-0.4, -0.2) is 29.9 Å². The maximum Gasteiger partial charge on any atom is 0.282 e. The van der Waals surface area contributed by atoms with Crippen molar-refractivity contribution in [2.24, 2.45) is 0 Å². The highest BCUT2D eigenvalue weighted by molar-refractivity contribution is 7.91. The average Bonchev–Trinajstić information content (AvgIpc) is 3.67. The van der Waals surface area contributed by atoms with Gasteiger partial charge >= 0.3 is 0 Å². The molecule has 5 rings (SSSR count). The van der Waals surface area contributed by atoms with Crippen molar-refractivity contribution in [2.75, 3.05) is 0 Å². The Morgan fingerprint density at radius 2 is 1.84 bits per heavy atom. The molecule has 1 saturated carbocycles. The summed E-state index contributed by atoms with van der Waals surface area (Å²) < 4.78 is 72.3. The highest BCUT2D eigenvalue weighted by Crippen LogP contribution is 2.37. The van der Waals surface area contributed by atoms with Crippen LogP contribution in [0.5, 0.6) is 0 Å². The number of aromatic nitrogens is 1. The van der Waals surface area contributed by atoms with Gasteiger partial charge in [-0.2, -0.15) is 0 Å². The summed E-state index contributed by atoms with van der Waals surface area (Å²) in [5.41, 5.74) is 0.357. The largest absolute Gasteiger partial charge is 0.331 e. The summed E-state index contributed by atoms with van der Waals surface area (Å²) >= 11 is 0. The maximum absolute atomic E-state index is 15.0. The van der Waals surface area contributed by atoms with Gasteiger partial charge < -0.3 is 4.57 Å². The Bertz CT molecular complexity index is 1630. The van der Waals surface area contributed by atoms with E-state index >= 15 is 0 Å². The molecule has 192 valence electrons. The molecule has 0 saturated heterocycles. The van der Waals surface area contributed by atoms with Crippen LogP contribution in [0.1, 0.15) is 53.4 Å². The highest BCUT2D eigenvalue weighted by atomic mass is 32.2. The summed E-state index contributed by atoms with van der Waals surface area (Å²) in [4.78, 5) is 26.5. The van der Waals surface area contributed by atoms with Crippen LogP contribution in [0.25, 0.3) is 16.5 Å². The first-order chi connectivity index (χ1) is 17.6. The quantitative estimate of drug-likeness (QED) is 0.477. The Labute approximate surface area is 211 Å². The number of ketones is 1. The van der Waals surface area contributed by atoms with Gasteiger partial charge in [-0.15, -0.1) is 0 Å². The van der Waals surface area contributed by atoms with Gasteiger partial charge in [0.15, 0.2) is 5.78 Å². The van der Waals surface area contributed by atoms with Gasteiger partial charge in [0.05, 0.1) is 17.3 Å². The van der Waals surface area contributed by atoms with Crippen molar-refractivity contribution >= 4 is 38.2 Å². The average molecular weight is 529 g/mol. The molecule has 1 amide bonds. The fourth-order valence-electron chi connectivity index (χ4n) is 4.60. The third-order valence-electron chi connectivity index (χ3n) is 6.63. The summed E-state index contributed by atoms with van der Waals surface area (Å²) in [6.07, 6.45) is 5.98. The van der Waals surface area contributed by atoms with Gasteiger partial charge in [-0.25, -0.2) is 26.3 Å². The Morgan fingerprint density at radius 3 is 2.51 bits per heavy atom. The fraction of sp³-hybridized carbons (Fsp3) is 0.259. The van der Waals surface area contributed by atoms with Crippen molar-refractivity contribution in [3.8, 4) is 0 Å². The number of hydrogen-bond acceptors (Lipinski definition) is 4. The molecule has 2 aromatic carbocycles. The first kappa shape index (κ1) is 25.0. The van der Waals surface area contributed by atoms with E-state index in [1.807, 2.05) is 0 Å². The Balaban J connectivity index is 1.82. The van der Waals surface area contributed by atoms with Crippen LogP contribution in [0.3, 0.4) is 0 Å². The second-order valence-corrected chi connectivity index (χ2v) is 11.1. The van der Waals surface area contributed by atoms with Gasteiger partial charge in [-0.1, -0.05) is 25.2 Å². The predicted octanol–water partition coefficient (Wildman–Crippen LogP) is 4.80. The van der Waals surface area contributed by atoms with E-state index in [1.165, 1.54) is 22.8 Å². The van der Waals surface area contributed by atoms with Crippen LogP contribution in [0.2, 0.25) is 0 Å². The van der Waals surface area contributed by atoms with Gasteiger partial charge in [0, 0.05) is 28.5 Å². The van der Waals surface area contributed by atoms with E-state index in [1.54, 1.807) is 19.1 Å². The lowest BCUT2D eigenvalue weighted by Crippen LogP contribution is -2.35. The van der Waals surface area contributed by atoms with E-state index in [9.17, 15) is 31.2 Å². The van der Waals surface area contributed by atoms with Crippen molar-refractivity contribution in [1.29, 1.82) is 0 Å². The second kappa shape index (κ2) is 9.33. The monoisotopic (exact) mass is 528 g/mol. The lowest BCUT2D eigenvalue weighted by Gasteiger charge is -2.15. The van der Waals surface area contributed by atoms with Gasteiger partial charge in [0.25, 0.3) is 5.91 Å². The number of rotatable bonds is 7. The molecule has 1 fully saturated rings. The summed E-state index contributed by atoms with van der Waals surface area (Å²) in [5.74, 6) is -3.41. The number of sulfonamides is 1. The van der Waals surface area contributed by atoms with Crippen LogP contribution in [-0.2, 0) is 27.8 Å². The molecule has 1 aromatic heterocycles. The Hall–Kier alpha value is -3.66. The SMILES string of the molecule is CCc1cc2c(C3=CC=CCC3=O)c(C(=O)NS(=O)(=O)C3CC3)n(Cc3cc(F)ccc3F)c2cc1F. The van der Waals surface area contributed by atoms with Crippen molar-refractivity contribution in [1.82, 2.24) is 9.29 Å². The summed E-state index contributed by atoms with van der Waals surface area (Å²) in [5, 5.41) is -0.375. The number of allylic oxidation sites excluding steroid dienone is 4. The molecule has 0 spiro atoms. The van der Waals surface area contributed by atoms with Crippen LogP contribution in [0, 0.1) is 17.5 Å². The van der Waals surface area contributed by atoms with Crippen molar-refractivity contribution in [2.45, 2.75) is 44.4 Å². The molecule has 1 heterocycles. The molecule has 2 aliphatic carbocycles. The molecule has 0 atom stereocenters. The molecular weight excluding hydrogens is 505 g/mol. The van der Waals surface area contributed by atoms with Crippen LogP contribution in [0.4, 0.5) is 13.2 Å². The number of aryl methyl sites for hydroxylation is 1. The van der Waals surface area contributed by atoms with E-state index in [0.29, 0.717) is 30.2 Å². The molecule has 10 heteroatoms. The standard InChI is InChI=1S/C27H23F3N2O4S/c1-2-15-12-20-23(13-22(15)30)32(14-16-11-17(28)7-10-21(16)29)26(25(20)19-5-3-4-6-24(19)33)27(34)31-37(35,36)18-8-9-18/h3-5,7,10-13,18H,2,6,8-9,14H2,1H3,(H,31,34). The first-order valence-corrected chi connectivity index (χ1v) is 13.4. The number of halogens is 3. The number of benzene rings is 2. The molecule has 3 aromatic rings. The third kappa shape index (κ3) is 4.61. The van der Waals surface area contributed by atoms with E-state index in [2.05, 4.69) is 4.72 Å². The van der Waals surface area contributed by atoms with Crippen molar-refractivity contribution < 1.29 is 31.2 Å². The molecule has 0 unspecified atom stereocenters. The molecule has 2 aliphatic rings. The van der Waals surface area contributed by atoms with Crippen LogP contribution in [0.15, 0.2) is 48.6 Å². The van der Waals surface area contributed by atoms with Gasteiger partial charge in [0.1, 0.15) is 23.1 Å². The topological polar surface area (TPSA) is 85.2 Å². The Kier molecular flexibility index (Phi) is 6.31. The summed E-state index contributed by atoms with van der Waals surface area (Å²) in [6, 6.07) is 5.51. The normalized spacial score (nSPS) is 15.8. The number of amides is 1. The zero-order valence-corrected chi connectivity index (χ0v) is 20.7. The molecule has 0 aliphatic heterocycles. The van der Waals surface area contributed by atoms with Crippen molar-refractivity contribution in [3.05, 3.63) is 88.4 Å². The minimum absolute atomic E-state index is 0.0558. The number of Topliss-reactive ketones (excluding diaryl/α,β-unsaturated/α-hetero) is 1. The zero-order chi connectivity index (χ0) is 26.5. The number of carbonyl (C=O) groups is 2. The fourth-order valence-corrected chi connectivity index (χ4v) is 5.88. The Morgan fingerprint density at radius 1 is 1.08 bits per heavy atom. The lowest BCUT2D eigenvalue weighted by atomic mass is 9.92. The predicted molar refractivity (Wildman–Crippen MR) is 133 cm³/mol. The van der Waals surface area contributed by atoms with Gasteiger partial charge in [0.2, 0.25) is 10.0 Å². The van der Waals surface area contributed by atoms with Crippen LogP contribution < -0.4 is 4.72 Å². The molecule has 1 N–H and O–H groups in total. The third-order valence-corrected chi connectivity index (χ3v) is 8.45. The second-order valence-electron chi connectivity index (χ2n) is 9.17. The van der Waals surface area contributed by atoms with E-state index < -0.39 is 45.2 Å². The highest BCUT2D eigenvalue weighted by Gasteiger charge is 2.39. The molecule has 37 heavy (non-hydrogen) atoms. The number of nitrogens with one attached hydrogen (secondary N) is 1. The van der Waals surface area contributed by atoms with E-state index in [0.717, 1.165) is 18.2 Å². The zero-order valence-electron chi connectivity index (χ0n) is 19.9. The molecule has 6 nitrogen and oxygen atoms in total. The summed E-state index contributed by atoms with van der Waals surface area (Å²) in [7, 11) is -4.00. The van der Waals surface area contributed by atoms with Crippen LogP contribution >= 0.6 is 0 Å². The lowest BCUT2D eigenvalue weighted by molar-refractivity contribution is -0.113. The number of carbonyl (C=O) groups excluding carboxylic acids is 2. The smallest absolute Gasteiger partial charge is 0.282 e. The minimum atomic E-state index is -4.00.